The molecule has 11 heteroatoms. The van der Waals surface area contributed by atoms with Gasteiger partial charge in [0.2, 0.25) is 0 Å². The number of nitrogens with one attached hydrogen (secondary N) is 1. The Hall–Kier alpha value is -3.54. The summed E-state index contributed by atoms with van der Waals surface area (Å²) in [6.45, 7) is 1.19. The Morgan fingerprint density at radius 2 is 1.64 bits per heavy atom. The maximum Gasteiger partial charge on any atom is 0.416 e. The van der Waals surface area contributed by atoms with Crippen LogP contribution in [0.15, 0.2) is 83.1 Å². The first kappa shape index (κ1) is 28.5. The second kappa shape index (κ2) is 11.7. The fourth-order valence-corrected chi connectivity index (χ4v) is 5.57. The molecule has 2 N–H and O–H groups in total. The van der Waals surface area contributed by atoms with E-state index in [0.29, 0.717) is 28.1 Å². The lowest BCUT2D eigenvalue weighted by molar-refractivity contribution is -0.137. The molecule has 0 radical (unpaired) electrons. The fraction of sp³-hybridized carbons (Fsp3) is 0.214. The van der Waals surface area contributed by atoms with Gasteiger partial charge in [-0.05, 0) is 47.5 Å². The average molecular weight is 575 g/mol. The highest BCUT2D eigenvalue weighted by Gasteiger charge is 2.30. The number of sulfone groups is 1. The van der Waals surface area contributed by atoms with Crippen molar-refractivity contribution in [2.45, 2.75) is 30.5 Å². The van der Waals surface area contributed by atoms with E-state index in [4.69, 9.17) is 0 Å². The zero-order valence-electron chi connectivity index (χ0n) is 20.8. The van der Waals surface area contributed by atoms with Crippen molar-refractivity contribution in [1.29, 1.82) is 0 Å². The molecule has 0 spiro atoms. The van der Waals surface area contributed by atoms with Gasteiger partial charge < -0.3 is 10.4 Å². The van der Waals surface area contributed by atoms with E-state index in [1.54, 1.807) is 43.3 Å². The number of amides is 1. The van der Waals surface area contributed by atoms with Gasteiger partial charge in [-0.15, -0.1) is 11.3 Å². The summed E-state index contributed by atoms with van der Waals surface area (Å²) >= 11 is 1.39. The molecule has 1 aromatic heterocycles. The zero-order chi connectivity index (χ0) is 28.2. The topological polar surface area (TPSA) is 96.4 Å². The van der Waals surface area contributed by atoms with E-state index < -0.39 is 33.5 Å². The minimum atomic E-state index is -4.38. The predicted molar refractivity (Wildman–Crippen MR) is 143 cm³/mol. The Morgan fingerprint density at radius 3 is 2.21 bits per heavy atom. The quantitative estimate of drug-likeness (QED) is 0.268. The first-order valence-corrected chi connectivity index (χ1v) is 14.5. The number of hydrogen-bond acceptors (Lipinski definition) is 6. The summed E-state index contributed by atoms with van der Waals surface area (Å²) in [5, 5.41) is 15.1. The number of aromatic nitrogens is 1. The lowest BCUT2D eigenvalue weighted by atomic mass is 10.1. The van der Waals surface area contributed by atoms with Crippen LogP contribution in [-0.4, -0.2) is 36.8 Å². The van der Waals surface area contributed by atoms with E-state index >= 15 is 0 Å². The number of aliphatic hydroxyl groups excluding tert-OH is 1. The molecule has 1 unspecified atom stereocenters. The third kappa shape index (κ3) is 6.92. The van der Waals surface area contributed by atoms with Crippen LogP contribution in [0.25, 0.3) is 10.6 Å². The largest absolute Gasteiger partial charge is 0.416 e. The lowest BCUT2D eigenvalue weighted by Gasteiger charge is -2.17. The molecule has 1 heterocycles. The lowest BCUT2D eigenvalue weighted by Crippen LogP contribution is -2.30. The van der Waals surface area contributed by atoms with Gasteiger partial charge >= 0.3 is 6.18 Å². The van der Waals surface area contributed by atoms with Gasteiger partial charge in [0, 0.05) is 22.9 Å². The van der Waals surface area contributed by atoms with Gasteiger partial charge in [0.25, 0.3) is 5.91 Å². The molecule has 0 aliphatic carbocycles. The molecule has 39 heavy (non-hydrogen) atoms. The van der Waals surface area contributed by atoms with Gasteiger partial charge in [0.15, 0.2) is 9.84 Å². The number of nitrogens with zero attached hydrogens (tertiary/aromatic N) is 1. The van der Waals surface area contributed by atoms with Gasteiger partial charge in [-0.1, -0.05) is 43.3 Å². The molecule has 4 rings (SSSR count). The molecule has 1 atom stereocenters. The molecule has 0 saturated heterocycles. The number of carbonyl (C=O) groups is 1. The number of hydrogen-bond donors (Lipinski definition) is 2. The standard InChI is InChI=1S/C28H25F3N2O4S2/c1-2-39(36,37)24-13-9-19(10-14-24)25(16-34)33-26(35)20-5-7-21(8-6-20)27-32-23(17-38-27)15-18-3-11-22(12-4-18)28(29,30)31/h3-14,17,25,34H,2,15-16H2,1H3,(H,33,35). The van der Waals surface area contributed by atoms with Crippen molar-refractivity contribution in [2.24, 2.45) is 0 Å². The van der Waals surface area contributed by atoms with E-state index in [-0.39, 0.29) is 17.3 Å². The second-order valence-corrected chi connectivity index (χ2v) is 11.9. The summed E-state index contributed by atoms with van der Waals surface area (Å²) in [7, 11) is -3.35. The van der Waals surface area contributed by atoms with E-state index in [2.05, 4.69) is 10.3 Å². The molecule has 0 fully saturated rings. The van der Waals surface area contributed by atoms with Crippen LogP contribution in [0.2, 0.25) is 0 Å². The van der Waals surface area contributed by atoms with Gasteiger partial charge in [0.05, 0.1) is 34.6 Å². The molecule has 4 aromatic rings. The van der Waals surface area contributed by atoms with E-state index in [1.807, 2.05) is 5.38 Å². The molecular formula is C28H25F3N2O4S2. The molecule has 0 aliphatic rings. The molecule has 0 aliphatic heterocycles. The summed E-state index contributed by atoms with van der Waals surface area (Å²) in [4.78, 5) is 17.6. The van der Waals surface area contributed by atoms with E-state index in [9.17, 15) is 31.5 Å². The highest BCUT2D eigenvalue weighted by Crippen LogP contribution is 2.30. The van der Waals surface area contributed by atoms with Crippen LogP contribution in [0.3, 0.4) is 0 Å². The summed E-state index contributed by atoms with van der Waals surface area (Å²) in [6, 6.07) is 17.1. The summed E-state index contributed by atoms with van der Waals surface area (Å²) in [5.74, 6) is -0.433. The summed E-state index contributed by atoms with van der Waals surface area (Å²) < 4.78 is 62.3. The minimum absolute atomic E-state index is 0.0238. The Morgan fingerprint density at radius 1 is 1.00 bits per heavy atom. The highest BCUT2D eigenvalue weighted by molar-refractivity contribution is 7.91. The van der Waals surface area contributed by atoms with Gasteiger partial charge in [0.1, 0.15) is 5.01 Å². The van der Waals surface area contributed by atoms with Crippen LogP contribution in [0.4, 0.5) is 13.2 Å². The Balaban J connectivity index is 1.40. The van der Waals surface area contributed by atoms with Crippen molar-refractivity contribution < 1.29 is 31.5 Å². The number of benzene rings is 3. The van der Waals surface area contributed by atoms with Crippen LogP contribution in [0.5, 0.6) is 0 Å². The Bertz CT molecular complexity index is 1530. The van der Waals surface area contributed by atoms with Crippen LogP contribution in [-0.2, 0) is 22.4 Å². The zero-order valence-corrected chi connectivity index (χ0v) is 22.4. The highest BCUT2D eigenvalue weighted by atomic mass is 32.2. The monoisotopic (exact) mass is 574 g/mol. The average Bonchev–Trinajstić information content (AvgIpc) is 3.40. The number of rotatable bonds is 9. The third-order valence-corrected chi connectivity index (χ3v) is 8.81. The van der Waals surface area contributed by atoms with E-state index in [1.165, 1.54) is 35.6 Å². The maximum absolute atomic E-state index is 12.8. The maximum atomic E-state index is 12.8. The predicted octanol–water partition coefficient (Wildman–Crippen LogP) is 5.68. The number of aliphatic hydroxyl groups is 1. The van der Waals surface area contributed by atoms with Crippen molar-refractivity contribution in [2.75, 3.05) is 12.4 Å². The second-order valence-electron chi connectivity index (χ2n) is 8.77. The first-order valence-electron chi connectivity index (χ1n) is 12.0. The molecule has 1 amide bonds. The number of carbonyl (C=O) groups excluding carboxylic acids is 1. The fourth-order valence-electron chi connectivity index (χ4n) is 3.86. The Kier molecular flexibility index (Phi) is 8.53. The molecule has 204 valence electrons. The van der Waals surface area contributed by atoms with Crippen LogP contribution < -0.4 is 5.32 Å². The van der Waals surface area contributed by atoms with Crippen molar-refractivity contribution in [3.05, 3.63) is 106 Å². The Labute approximate surface area is 228 Å². The SMILES string of the molecule is CCS(=O)(=O)c1ccc(C(CO)NC(=O)c2ccc(-c3nc(Cc4ccc(C(F)(F)F)cc4)cs3)cc2)cc1. The smallest absolute Gasteiger partial charge is 0.394 e. The third-order valence-electron chi connectivity index (χ3n) is 6.12. The summed E-state index contributed by atoms with van der Waals surface area (Å²) in [6.07, 6.45) is -3.98. The minimum Gasteiger partial charge on any atom is -0.394 e. The van der Waals surface area contributed by atoms with Crippen LogP contribution >= 0.6 is 11.3 Å². The molecule has 6 nitrogen and oxygen atoms in total. The van der Waals surface area contributed by atoms with Gasteiger partial charge in [-0.25, -0.2) is 13.4 Å². The first-order chi connectivity index (χ1) is 18.5. The van der Waals surface area contributed by atoms with Crippen molar-refractivity contribution in [1.82, 2.24) is 10.3 Å². The van der Waals surface area contributed by atoms with E-state index in [0.717, 1.165) is 23.4 Å². The molecule has 0 bridgehead atoms. The molecule has 3 aromatic carbocycles. The van der Waals surface area contributed by atoms with Crippen molar-refractivity contribution in [3.63, 3.8) is 0 Å². The summed E-state index contributed by atoms with van der Waals surface area (Å²) in [5.41, 5.74) is 2.46. The van der Waals surface area contributed by atoms with Crippen LogP contribution in [0, 0.1) is 0 Å². The normalized spacial score (nSPS) is 12.7. The van der Waals surface area contributed by atoms with Gasteiger partial charge in [-0.2, -0.15) is 13.2 Å². The number of halogens is 3. The molecule has 0 saturated carbocycles. The number of alkyl halides is 3. The van der Waals surface area contributed by atoms with Crippen molar-refractivity contribution in [3.8, 4) is 10.6 Å². The van der Waals surface area contributed by atoms with Gasteiger partial charge in [-0.3, -0.25) is 4.79 Å². The number of thiazole rings is 1. The van der Waals surface area contributed by atoms with Crippen molar-refractivity contribution >= 4 is 27.1 Å². The van der Waals surface area contributed by atoms with Crippen LogP contribution in [0.1, 0.15) is 45.7 Å². The molecular weight excluding hydrogens is 549 g/mol.